The van der Waals surface area contributed by atoms with Gasteiger partial charge in [0, 0.05) is 13.2 Å². The van der Waals surface area contributed by atoms with E-state index in [1.54, 1.807) is 7.05 Å². The Morgan fingerprint density at radius 2 is 2.13 bits per heavy atom. The summed E-state index contributed by atoms with van der Waals surface area (Å²) >= 11 is 0. The van der Waals surface area contributed by atoms with Crippen molar-refractivity contribution >= 4 is 17.1 Å². The maximum Gasteiger partial charge on any atom is 0.417 e. The third-order valence-corrected chi connectivity index (χ3v) is 3.11. The molecule has 2 heterocycles. The van der Waals surface area contributed by atoms with Gasteiger partial charge in [-0.2, -0.15) is 17.6 Å². The number of aryl methyl sites for hydroxylation is 1. The number of allylic oxidation sites excluding steroid dienone is 2. The van der Waals surface area contributed by atoms with Crippen LogP contribution in [0.5, 0.6) is 0 Å². The molecule has 4 nitrogen and oxygen atoms in total. The largest absolute Gasteiger partial charge is 0.417 e. The van der Waals surface area contributed by atoms with Gasteiger partial charge in [0.25, 0.3) is 0 Å². The third-order valence-electron chi connectivity index (χ3n) is 3.11. The summed E-state index contributed by atoms with van der Waals surface area (Å²) in [5.41, 5.74) is -0.642. The van der Waals surface area contributed by atoms with Crippen LogP contribution in [0, 0.1) is 0 Å². The van der Waals surface area contributed by atoms with Gasteiger partial charge >= 0.3 is 6.18 Å². The first-order chi connectivity index (χ1) is 10.7. The van der Waals surface area contributed by atoms with Crippen LogP contribution in [-0.4, -0.2) is 27.2 Å². The van der Waals surface area contributed by atoms with E-state index in [1.807, 2.05) is 0 Å². The van der Waals surface area contributed by atoms with Gasteiger partial charge in [0.1, 0.15) is 24.1 Å². The van der Waals surface area contributed by atoms with Gasteiger partial charge < -0.3 is 4.57 Å². The number of hydrogen-bond donors (Lipinski definition) is 0. The minimum Gasteiger partial charge on any atom is -0.314 e. The van der Waals surface area contributed by atoms with E-state index in [0.717, 1.165) is 18.2 Å². The van der Waals surface area contributed by atoms with E-state index >= 15 is 0 Å². The molecule has 1 atom stereocenters. The van der Waals surface area contributed by atoms with Gasteiger partial charge in [0.05, 0.1) is 5.56 Å². The monoisotopic (exact) mass is 332 g/mol. The first-order valence-electron chi connectivity index (χ1n) is 6.59. The third kappa shape index (κ3) is 3.72. The Hall–Kier alpha value is -2.32. The topological polar surface area (TPSA) is 43.1 Å². The summed E-state index contributed by atoms with van der Waals surface area (Å²) in [7, 11) is 1.55. The van der Waals surface area contributed by atoms with Crippen molar-refractivity contribution in [2.24, 2.45) is 12.0 Å². The van der Waals surface area contributed by atoms with Gasteiger partial charge in [0.15, 0.2) is 5.65 Å². The van der Waals surface area contributed by atoms with Crippen molar-refractivity contribution in [2.75, 3.05) is 6.67 Å². The van der Waals surface area contributed by atoms with E-state index < -0.39 is 30.4 Å². The van der Waals surface area contributed by atoms with Crippen LogP contribution in [0.2, 0.25) is 0 Å². The molecule has 0 N–H and O–H groups in total. The second kappa shape index (κ2) is 6.43. The predicted molar refractivity (Wildman–Crippen MR) is 75.6 cm³/mol. The standard InChI is InChI=1S/C14H13F5N4/c1-8(21-11(16)4-3-5-15)12-22-10-6-9(14(17,18)19)7-20-13(10)23(12)2/h3-4,6-8H,5H2,1-2H3/b4-3-,21-11?. The van der Waals surface area contributed by atoms with E-state index in [4.69, 9.17) is 0 Å². The molecule has 0 saturated heterocycles. The number of alkyl halides is 4. The van der Waals surface area contributed by atoms with Crippen LogP contribution in [0.4, 0.5) is 22.0 Å². The number of nitrogens with zero attached hydrogens (tertiary/aromatic N) is 4. The van der Waals surface area contributed by atoms with Gasteiger partial charge in [0.2, 0.25) is 5.97 Å². The lowest BCUT2D eigenvalue weighted by Gasteiger charge is -2.06. The molecule has 0 radical (unpaired) electrons. The lowest BCUT2D eigenvalue weighted by atomic mass is 10.2. The van der Waals surface area contributed by atoms with Crippen molar-refractivity contribution in [3.8, 4) is 0 Å². The molecule has 0 aliphatic rings. The summed E-state index contributed by atoms with van der Waals surface area (Å²) in [5, 5.41) is 0. The molecule has 1 unspecified atom stereocenters. The van der Waals surface area contributed by atoms with Crippen molar-refractivity contribution < 1.29 is 22.0 Å². The van der Waals surface area contributed by atoms with Crippen LogP contribution in [0.3, 0.4) is 0 Å². The lowest BCUT2D eigenvalue weighted by molar-refractivity contribution is -0.137. The molecule has 0 fully saturated rings. The zero-order valence-corrected chi connectivity index (χ0v) is 12.3. The minimum atomic E-state index is -4.52. The van der Waals surface area contributed by atoms with E-state index in [0.29, 0.717) is 6.20 Å². The fourth-order valence-electron chi connectivity index (χ4n) is 2.05. The fraction of sp³-hybridized carbons (Fsp3) is 0.357. The number of imidazole rings is 1. The highest BCUT2D eigenvalue weighted by Gasteiger charge is 2.31. The van der Waals surface area contributed by atoms with Gasteiger partial charge in [-0.15, -0.1) is 0 Å². The normalized spacial score (nSPS) is 14.8. The number of fused-ring (bicyclic) bond motifs is 1. The molecule has 2 rings (SSSR count). The quantitative estimate of drug-likeness (QED) is 0.629. The Labute approximate surface area is 128 Å². The molecule has 0 aliphatic carbocycles. The van der Waals surface area contributed by atoms with Crippen LogP contribution in [0.1, 0.15) is 24.4 Å². The molecule has 0 aromatic carbocycles. The number of aliphatic imine (C=N–C) groups is 1. The molecule has 124 valence electrons. The Morgan fingerprint density at radius 1 is 1.43 bits per heavy atom. The summed E-state index contributed by atoms with van der Waals surface area (Å²) < 4.78 is 64.9. The second-order valence-corrected chi connectivity index (χ2v) is 4.78. The van der Waals surface area contributed by atoms with Crippen molar-refractivity contribution in [3.63, 3.8) is 0 Å². The van der Waals surface area contributed by atoms with E-state index in [9.17, 15) is 22.0 Å². The molecular formula is C14H13F5N4. The molecule has 0 bridgehead atoms. The Kier molecular flexibility index (Phi) is 4.76. The van der Waals surface area contributed by atoms with Crippen LogP contribution < -0.4 is 0 Å². The van der Waals surface area contributed by atoms with Crippen LogP contribution in [0.15, 0.2) is 29.4 Å². The van der Waals surface area contributed by atoms with E-state index in [1.165, 1.54) is 11.5 Å². The van der Waals surface area contributed by atoms with Crippen LogP contribution in [0.25, 0.3) is 11.2 Å². The second-order valence-electron chi connectivity index (χ2n) is 4.78. The number of halogens is 5. The summed E-state index contributed by atoms with van der Waals surface area (Å²) in [5.74, 6) is -0.651. The zero-order valence-electron chi connectivity index (χ0n) is 12.3. The molecule has 0 amide bonds. The minimum absolute atomic E-state index is 0.0408. The molecular weight excluding hydrogens is 319 g/mol. The van der Waals surface area contributed by atoms with Crippen LogP contribution >= 0.6 is 0 Å². The van der Waals surface area contributed by atoms with E-state index in [2.05, 4.69) is 15.0 Å². The van der Waals surface area contributed by atoms with Gasteiger partial charge in [-0.25, -0.2) is 19.4 Å². The maximum absolute atomic E-state index is 13.4. The summed E-state index contributed by atoms with van der Waals surface area (Å²) in [6, 6.07) is 0.106. The number of pyridine rings is 1. The first kappa shape index (κ1) is 17.0. The maximum atomic E-state index is 13.4. The van der Waals surface area contributed by atoms with Crippen molar-refractivity contribution in [1.29, 1.82) is 0 Å². The molecule has 9 heteroatoms. The number of rotatable bonds is 4. The SMILES string of the molecule is CC(N=C(F)/C=C\CF)c1nc2cc(C(F)(F)F)cnc2n1C. The van der Waals surface area contributed by atoms with Gasteiger partial charge in [-0.05, 0) is 25.1 Å². The molecule has 0 spiro atoms. The summed E-state index contributed by atoms with van der Waals surface area (Å²) in [6.07, 6.45) is -1.98. The lowest BCUT2D eigenvalue weighted by Crippen LogP contribution is -2.05. The Morgan fingerprint density at radius 3 is 2.74 bits per heavy atom. The van der Waals surface area contributed by atoms with Gasteiger partial charge in [-0.3, -0.25) is 0 Å². The highest BCUT2D eigenvalue weighted by molar-refractivity contribution is 5.86. The van der Waals surface area contributed by atoms with Gasteiger partial charge in [-0.1, -0.05) is 0 Å². The first-order valence-corrected chi connectivity index (χ1v) is 6.59. The molecule has 0 aliphatic heterocycles. The average Bonchev–Trinajstić information content (AvgIpc) is 2.81. The molecule has 0 saturated carbocycles. The zero-order chi connectivity index (χ0) is 17.2. The smallest absolute Gasteiger partial charge is 0.314 e. The predicted octanol–water partition coefficient (Wildman–Crippen LogP) is 3.94. The van der Waals surface area contributed by atoms with Crippen LogP contribution in [-0.2, 0) is 13.2 Å². The molecule has 23 heavy (non-hydrogen) atoms. The summed E-state index contributed by atoms with van der Waals surface area (Å²) in [6.45, 7) is 0.697. The van der Waals surface area contributed by atoms with E-state index in [-0.39, 0.29) is 17.0 Å². The highest BCUT2D eigenvalue weighted by atomic mass is 19.4. The van der Waals surface area contributed by atoms with Crippen molar-refractivity contribution in [3.05, 3.63) is 35.8 Å². The van der Waals surface area contributed by atoms with Crippen molar-refractivity contribution in [2.45, 2.75) is 19.1 Å². The molecule has 2 aromatic rings. The molecule has 2 aromatic heterocycles. The fourth-order valence-corrected chi connectivity index (χ4v) is 2.05. The highest BCUT2D eigenvalue weighted by Crippen LogP contribution is 2.31. The number of aromatic nitrogens is 3. The average molecular weight is 332 g/mol. The summed E-state index contributed by atoms with van der Waals surface area (Å²) in [4.78, 5) is 11.5. The Bertz CT molecular complexity index is 760. The Balaban J connectivity index is 2.42. The number of hydrogen-bond acceptors (Lipinski definition) is 3. The van der Waals surface area contributed by atoms with Crippen molar-refractivity contribution in [1.82, 2.24) is 14.5 Å².